The maximum Gasteiger partial charge on any atom is 0.341 e. The second-order valence-corrected chi connectivity index (χ2v) is 7.41. The number of hydrogen-bond donors (Lipinski definition) is 1. The Bertz CT molecular complexity index is 994. The molecule has 2 amide bonds. The first-order chi connectivity index (χ1) is 14.2. The molecule has 2 aromatic rings. The molecule has 0 radical (unpaired) electrons. The van der Waals surface area contributed by atoms with Crippen LogP contribution in [0.25, 0.3) is 6.08 Å². The van der Waals surface area contributed by atoms with Crippen molar-refractivity contribution in [2.75, 3.05) is 40.7 Å². The van der Waals surface area contributed by atoms with E-state index in [0.29, 0.717) is 21.9 Å². The molecule has 0 fully saturated rings. The number of carbonyl (C=O) groups excluding carboxylic acids is 3. The molecule has 1 aromatic heterocycles. The van der Waals surface area contributed by atoms with Crippen molar-refractivity contribution in [2.24, 2.45) is 0 Å². The molecule has 0 aliphatic rings. The fraction of sp³-hybridized carbons (Fsp3) is 0.286. The van der Waals surface area contributed by atoms with E-state index in [0.717, 1.165) is 16.9 Å². The highest BCUT2D eigenvalue weighted by Crippen LogP contribution is 2.34. The SMILES string of the molecule is COC(=O)c1c(NC(=O)/C=C/c2ccc(OC)c(OC)c2)sc(C(=O)N(C)C)c1C. The predicted molar refractivity (Wildman–Crippen MR) is 116 cm³/mol. The lowest BCUT2D eigenvalue weighted by Crippen LogP contribution is -2.21. The van der Waals surface area contributed by atoms with E-state index in [1.807, 2.05) is 0 Å². The molecule has 0 aliphatic carbocycles. The van der Waals surface area contributed by atoms with Gasteiger partial charge in [0.15, 0.2) is 11.5 Å². The zero-order chi connectivity index (χ0) is 22.4. The Morgan fingerprint density at radius 2 is 1.73 bits per heavy atom. The molecule has 0 atom stereocenters. The molecule has 0 saturated carbocycles. The van der Waals surface area contributed by atoms with Crippen molar-refractivity contribution in [1.82, 2.24) is 4.90 Å². The van der Waals surface area contributed by atoms with E-state index in [1.54, 1.807) is 45.3 Å². The second kappa shape index (κ2) is 9.93. The maximum absolute atomic E-state index is 12.5. The van der Waals surface area contributed by atoms with Crippen LogP contribution in [0.2, 0.25) is 0 Å². The highest BCUT2D eigenvalue weighted by Gasteiger charge is 2.26. The van der Waals surface area contributed by atoms with Crippen molar-refractivity contribution >= 4 is 40.2 Å². The molecular weight excluding hydrogens is 408 g/mol. The van der Waals surface area contributed by atoms with Gasteiger partial charge in [-0.3, -0.25) is 9.59 Å². The number of esters is 1. The van der Waals surface area contributed by atoms with Gasteiger partial charge < -0.3 is 24.4 Å². The van der Waals surface area contributed by atoms with Crippen LogP contribution in [0.3, 0.4) is 0 Å². The van der Waals surface area contributed by atoms with Crippen molar-refractivity contribution in [1.29, 1.82) is 0 Å². The van der Waals surface area contributed by atoms with Crippen LogP contribution >= 0.6 is 11.3 Å². The van der Waals surface area contributed by atoms with Crippen molar-refractivity contribution in [2.45, 2.75) is 6.92 Å². The Balaban J connectivity index is 2.29. The minimum absolute atomic E-state index is 0.167. The number of anilines is 1. The predicted octanol–water partition coefficient (Wildman–Crippen LogP) is 3.21. The number of nitrogens with zero attached hydrogens (tertiary/aromatic N) is 1. The lowest BCUT2D eigenvalue weighted by molar-refractivity contribution is -0.111. The largest absolute Gasteiger partial charge is 0.493 e. The summed E-state index contributed by atoms with van der Waals surface area (Å²) < 4.78 is 15.3. The summed E-state index contributed by atoms with van der Waals surface area (Å²) >= 11 is 1.03. The number of rotatable bonds is 7. The Labute approximate surface area is 179 Å². The number of thiophene rings is 1. The average molecular weight is 432 g/mol. The number of ether oxygens (including phenoxy) is 3. The van der Waals surface area contributed by atoms with Crippen molar-refractivity contribution < 1.29 is 28.6 Å². The van der Waals surface area contributed by atoms with Gasteiger partial charge in [0.25, 0.3) is 5.91 Å². The van der Waals surface area contributed by atoms with Crippen LogP contribution in [-0.2, 0) is 9.53 Å². The third-order valence-electron chi connectivity index (χ3n) is 4.21. The zero-order valence-corrected chi connectivity index (χ0v) is 18.5. The number of nitrogens with one attached hydrogen (secondary N) is 1. The van der Waals surface area contributed by atoms with Gasteiger partial charge >= 0.3 is 5.97 Å². The van der Waals surface area contributed by atoms with Crippen LogP contribution in [0.15, 0.2) is 24.3 Å². The molecule has 2 rings (SSSR count). The standard InChI is InChI=1S/C21H24N2O6S/c1-12-17(21(26)29-6)19(30-18(12)20(25)23(2)3)22-16(24)10-8-13-7-9-14(27-4)15(11-13)28-5/h7-11H,1-6H3,(H,22,24)/b10-8+. The van der Waals surface area contributed by atoms with Crippen LogP contribution in [-0.4, -0.2) is 58.1 Å². The summed E-state index contributed by atoms with van der Waals surface area (Å²) in [5, 5.41) is 2.92. The molecule has 8 nitrogen and oxygen atoms in total. The zero-order valence-electron chi connectivity index (χ0n) is 17.7. The quantitative estimate of drug-likeness (QED) is 0.533. The third-order valence-corrected chi connectivity index (χ3v) is 5.40. The first-order valence-electron chi connectivity index (χ1n) is 8.87. The minimum Gasteiger partial charge on any atom is -0.493 e. The Hall–Kier alpha value is -3.33. The van der Waals surface area contributed by atoms with Gasteiger partial charge in [-0.25, -0.2) is 4.79 Å². The summed E-state index contributed by atoms with van der Waals surface area (Å²) in [6.45, 7) is 1.65. The Morgan fingerprint density at radius 1 is 1.07 bits per heavy atom. The van der Waals surface area contributed by atoms with Gasteiger partial charge in [-0.15, -0.1) is 11.3 Å². The van der Waals surface area contributed by atoms with Gasteiger partial charge in [0.2, 0.25) is 5.91 Å². The summed E-state index contributed by atoms with van der Waals surface area (Å²) in [5.41, 5.74) is 1.35. The van der Waals surface area contributed by atoms with Crippen LogP contribution in [0.5, 0.6) is 11.5 Å². The highest BCUT2D eigenvalue weighted by atomic mass is 32.1. The van der Waals surface area contributed by atoms with E-state index in [-0.39, 0.29) is 16.5 Å². The molecule has 0 saturated heterocycles. The summed E-state index contributed by atoms with van der Waals surface area (Å²) in [7, 11) is 7.54. The van der Waals surface area contributed by atoms with E-state index in [9.17, 15) is 14.4 Å². The molecule has 160 valence electrons. The molecule has 1 heterocycles. The van der Waals surface area contributed by atoms with Crippen LogP contribution < -0.4 is 14.8 Å². The van der Waals surface area contributed by atoms with Gasteiger partial charge in [0.1, 0.15) is 5.00 Å². The first-order valence-corrected chi connectivity index (χ1v) is 9.69. The lowest BCUT2D eigenvalue weighted by atomic mass is 10.1. The second-order valence-electron chi connectivity index (χ2n) is 6.39. The lowest BCUT2D eigenvalue weighted by Gasteiger charge is -2.08. The monoisotopic (exact) mass is 432 g/mol. The van der Waals surface area contributed by atoms with E-state index in [4.69, 9.17) is 14.2 Å². The number of amides is 2. The number of carbonyl (C=O) groups is 3. The average Bonchev–Trinajstić information content (AvgIpc) is 3.06. The first kappa shape index (κ1) is 23.0. The summed E-state index contributed by atoms with van der Waals surface area (Å²) in [6.07, 6.45) is 2.92. The fourth-order valence-corrected chi connectivity index (χ4v) is 3.86. The smallest absolute Gasteiger partial charge is 0.341 e. The van der Waals surface area contributed by atoms with Gasteiger partial charge in [-0.2, -0.15) is 0 Å². The minimum atomic E-state index is -0.624. The number of hydrogen-bond acceptors (Lipinski definition) is 7. The molecule has 1 N–H and O–H groups in total. The van der Waals surface area contributed by atoms with Crippen molar-refractivity contribution in [3.8, 4) is 11.5 Å². The van der Waals surface area contributed by atoms with Crippen LogP contribution in [0, 0.1) is 6.92 Å². The highest BCUT2D eigenvalue weighted by molar-refractivity contribution is 7.18. The van der Waals surface area contributed by atoms with E-state index in [1.165, 1.54) is 32.3 Å². The summed E-state index contributed by atoms with van der Waals surface area (Å²) in [5.74, 6) is -0.229. The Kier molecular flexibility index (Phi) is 7.60. The van der Waals surface area contributed by atoms with Crippen molar-refractivity contribution in [3.05, 3.63) is 45.8 Å². The number of benzene rings is 1. The molecule has 9 heteroatoms. The fourth-order valence-electron chi connectivity index (χ4n) is 2.64. The molecule has 0 spiro atoms. The molecule has 1 aromatic carbocycles. The van der Waals surface area contributed by atoms with Crippen molar-refractivity contribution in [3.63, 3.8) is 0 Å². The van der Waals surface area contributed by atoms with E-state index in [2.05, 4.69) is 5.32 Å². The molecule has 0 unspecified atom stereocenters. The van der Waals surface area contributed by atoms with Gasteiger partial charge in [0.05, 0.1) is 31.8 Å². The molecular formula is C21H24N2O6S. The summed E-state index contributed by atoms with van der Waals surface area (Å²) in [6, 6.07) is 5.23. The molecule has 0 aliphatic heterocycles. The van der Waals surface area contributed by atoms with Crippen LogP contribution in [0.1, 0.15) is 31.2 Å². The van der Waals surface area contributed by atoms with Gasteiger partial charge in [0, 0.05) is 20.2 Å². The molecule has 30 heavy (non-hydrogen) atoms. The maximum atomic E-state index is 12.5. The molecule has 0 bridgehead atoms. The third kappa shape index (κ3) is 4.98. The van der Waals surface area contributed by atoms with E-state index < -0.39 is 11.9 Å². The van der Waals surface area contributed by atoms with Gasteiger partial charge in [-0.1, -0.05) is 6.07 Å². The van der Waals surface area contributed by atoms with Gasteiger partial charge in [-0.05, 0) is 36.3 Å². The Morgan fingerprint density at radius 3 is 2.30 bits per heavy atom. The van der Waals surface area contributed by atoms with E-state index >= 15 is 0 Å². The topological polar surface area (TPSA) is 94.2 Å². The number of methoxy groups -OCH3 is 3. The summed E-state index contributed by atoms with van der Waals surface area (Å²) in [4.78, 5) is 38.8. The normalized spacial score (nSPS) is 10.6. The van der Waals surface area contributed by atoms with Crippen LogP contribution in [0.4, 0.5) is 5.00 Å².